The third-order valence-corrected chi connectivity index (χ3v) is 4.83. The van der Waals surface area contributed by atoms with E-state index in [1.165, 1.54) is 11.8 Å². The van der Waals surface area contributed by atoms with E-state index in [-0.39, 0.29) is 0 Å². The molecule has 1 amide bonds. The second-order valence-electron chi connectivity index (χ2n) is 6.12. The van der Waals surface area contributed by atoms with E-state index in [9.17, 15) is 4.79 Å². The lowest BCUT2D eigenvalue weighted by Crippen LogP contribution is -2.17. The molecule has 28 heavy (non-hydrogen) atoms. The monoisotopic (exact) mass is 415 g/mol. The van der Waals surface area contributed by atoms with Gasteiger partial charge in [-0.2, -0.15) is 0 Å². The summed E-state index contributed by atoms with van der Waals surface area (Å²) in [5.41, 5.74) is 7.61. The molecule has 0 saturated carbocycles. The van der Waals surface area contributed by atoms with Crippen LogP contribution in [0.3, 0.4) is 0 Å². The van der Waals surface area contributed by atoms with Crippen molar-refractivity contribution in [1.82, 2.24) is 10.3 Å². The van der Waals surface area contributed by atoms with Crippen molar-refractivity contribution in [2.45, 2.75) is 13.0 Å². The minimum absolute atomic E-state index is 0.341. The molecule has 5 nitrogen and oxygen atoms in total. The van der Waals surface area contributed by atoms with Crippen LogP contribution in [0.1, 0.15) is 21.5 Å². The molecule has 1 heterocycles. The Morgan fingerprint density at radius 1 is 1.04 bits per heavy atom. The maximum absolute atomic E-state index is 11.1. The SMILES string of the molecule is NC(=O)c1ccc(Oc2ccc(CCNCc3c(Cl)cccc3Cl)cc2)nc1. The van der Waals surface area contributed by atoms with Crippen molar-refractivity contribution in [2.24, 2.45) is 5.73 Å². The first-order chi connectivity index (χ1) is 13.5. The van der Waals surface area contributed by atoms with Crippen LogP contribution < -0.4 is 15.8 Å². The summed E-state index contributed by atoms with van der Waals surface area (Å²) in [6.45, 7) is 1.41. The molecule has 0 saturated heterocycles. The Bertz CT molecular complexity index is 925. The van der Waals surface area contributed by atoms with Crippen LogP contribution in [-0.2, 0) is 13.0 Å². The zero-order valence-corrected chi connectivity index (χ0v) is 16.5. The quantitative estimate of drug-likeness (QED) is 0.526. The van der Waals surface area contributed by atoms with Gasteiger partial charge in [-0.25, -0.2) is 4.98 Å². The van der Waals surface area contributed by atoms with Crippen LogP contribution in [-0.4, -0.2) is 17.4 Å². The molecule has 1 aromatic heterocycles. The minimum Gasteiger partial charge on any atom is -0.439 e. The first-order valence-corrected chi connectivity index (χ1v) is 9.45. The van der Waals surface area contributed by atoms with Gasteiger partial charge >= 0.3 is 0 Å². The lowest BCUT2D eigenvalue weighted by Gasteiger charge is -2.09. The summed E-state index contributed by atoms with van der Waals surface area (Å²) >= 11 is 12.3. The first kappa shape index (κ1) is 20.1. The third-order valence-electron chi connectivity index (χ3n) is 4.12. The molecule has 0 radical (unpaired) electrons. The van der Waals surface area contributed by atoms with Crippen LogP contribution in [0.2, 0.25) is 10.0 Å². The Morgan fingerprint density at radius 2 is 1.75 bits per heavy atom. The lowest BCUT2D eigenvalue weighted by molar-refractivity contribution is 0.1000. The molecular formula is C21H19Cl2N3O2. The van der Waals surface area contributed by atoms with Gasteiger partial charge in [-0.05, 0) is 48.9 Å². The Kier molecular flexibility index (Phi) is 6.87. The van der Waals surface area contributed by atoms with Gasteiger partial charge in [0.1, 0.15) is 5.75 Å². The van der Waals surface area contributed by atoms with Crippen molar-refractivity contribution in [2.75, 3.05) is 6.54 Å². The molecule has 3 rings (SSSR count). The number of rotatable bonds is 8. The number of nitrogens with zero attached hydrogens (tertiary/aromatic N) is 1. The molecule has 0 bridgehead atoms. The number of nitrogens with two attached hydrogens (primary N) is 1. The molecule has 0 aliphatic rings. The van der Waals surface area contributed by atoms with E-state index in [2.05, 4.69) is 10.3 Å². The number of hydrogen-bond acceptors (Lipinski definition) is 4. The minimum atomic E-state index is -0.520. The molecular weight excluding hydrogens is 397 g/mol. The van der Waals surface area contributed by atoms with Gasteiger partial charge in [0.15, 0.2) is 0 Å². The Balaban J connectivity index is 1.48. The average Bonchev–Trinajstić information content (AvgIpc) is 2.69. The number of aromatic nitrogens is 1. The summed E-state index contributed by atoms with van der Waals surface area (Å²) in [5.74, 6) is 0.545. The van der Waals surface area contributed by atoms with Crippen LogP contribution in [0, 0.1) is 0 Å². The number of pyridine rings is 1. The second kappa shape index (κ2) is 9.55. The van der Waals surface area contributed by atoms with Gasteiger partial charge in [0, 0.05) is 34.4 Å². The number of amides is 1. The molecule has 0 spiro atoms. The van der Waals surface area contributed by atoms with Gasteiger partial charge in [-0.15, -0.1) is 0 Å². The Labute approximate surface area is 173 Å². The number of ether oxygens (including phenoxy) is 1. The second-order valence-corrected chi connectivity index (χ2v) is 6.94. The maximum Gasteiger partial charge on any atom is 0.250 e. The van der Waals surface area contributed by atoms with Gasteiger partial charge in [-0.3, -0.25) is 4.79 Å². The van der Waals surface area contributed by atoms with E-state index >= 15 is 0 Å². The van der Waals surface area contributed by atoms with Gasteiger partial charge in [0.05, 0.1) is 5.56 Å². The third kappa shape index (κ3) is 5.45. The largest absolute Gasteiger partial charge is 0.439 e. The highest BCUT2D eigenvalue weighted by Gasteiger charge is 2.05. The van der Waals surface area contributed by atoms with E-state index in [1.54, 1.807) is 12.1 Å². The van der Waals surface area contributed by atoms with Crippen LogP contribution in [0.5, 0.6) is 11.6 Å². The summed E-state index contributed by atoms with van der Waals surface area (Å²) in [5, 5.41) is 4.68. The van der Waals surface area contributed by atoms with Crippen LogP contribution in [0.15, 0.2) is 60.8 Å². The zero-order valence-electron chi connectivity index (χ0n) is 15.0. The molecule has 0 fully saturated rings. The molecule has 0 aliphatic heterocycles. The van der Waals surface area contributed by atoms with Gasteiger partial charge in [-0.1, -0.05) is 41.4 Å². The summed E-state index contributed by atoms with van der Waals surface area (Å²) in [6.07, 6.45) is 2.25. The van der Waals surface area contributed by atoms with Crippen molar-refractivity contribution >= 4 is 29.1 Å². The summed E-state index contributed by atoms with van der Waals surface area (Å²) in [7, 11) is 0. The molecule has 2 aromatic carbocycles. The summed E-state index contributed by atoms with van der Waals surface area (Å²) in [6, 6.07) is 16.4. The fourth-order valence-corrected chi connectivity index (χ4v) is 3.11. The normalized spacial score (nSPS) is 10.6. The summed E-state index contributed by atoms with van der Waals surface area (Å²) < 4.78 is 5.67. The number of halogens is 2. The standard InChI is InChI=1S/C21H19Cl2N3O2/c22-18-2-1-3-19(23)17(18)13-25-11-10-14-4-7-16(8-5-14)28-20-9-6-15(12-26-20)21(24)27/h1-9,12,25H,10-11,13H2,(H2,24,27). The number of benzene rings is 2. The number of primary amides is 1. The van der Waals surface area contributed by atoms with E-state index in [0.717, 1.165) is 18.5 Å². The van der Waals surface area contributed by atoms with Crippen LogP contribution >= 0.6 is 23.2 Å². The molecule has 0 aliphatic carbocycles. The van der Waals surface area contributed by atoms with Crippen molar-refractivity contribution in [3.63, 3.8) is 0 Å². The molecule has 3 N–H and O–H groups in total. The van der Waals surface area contributed by atoms with Crippen molar-refractivity contribution in [3.05, 3.63) is 87.5 Å². The smallest absolute Gasteiger partial charge is 0.250 e. The van der Waals surface area contributed by atoms with Crippen molar-refractivity contribution in [1.29, 1.82) is 0 Å². The first-order valence-electron chi connectivity index (χ1n) is 8.69. The molecule has 3 aromatic rings. The zero-order chi connectivity index (χ0) is 19.9. The molecule has 7 heteroatoms. The highest BCUT2D eigenvalue weighted by molar-refractivity contribution is 6.35. The van der Waals surface area contributed by atoms with Crippen LogP contribution in [0.4, 0.5) is 0 Å². The van der Waals surface area contributed by atoms with E-state index in [1.807, 2.05) is 42.5 Å². The molecule has 0 atom stereocenters. The number of nitrogens with one attached hydrogen (secondary N) is 1. The van der Waals surface area contributed by atoms with Crippen LogP contribution in [0.25, 0.3) is 0 Å². The predicted molar refractivity (Wildman–Crippen MR) is 111 cm³/mol. The topological polar surface area (TPSA) is 77.2 Å². The van der Waals surface area contributed by atoms with E-state index < -0.39 is 5.91 Å². The van der Waals surface area contributed by atoms with Gasteiger partial charge in [0.25, 0.3) is 0 Å². The van der Waals surface area contributed by atoms with E-state index in [0.29, 0.717) is 33.8 Å². The summed E-state index contributed by atoms with van der Waals surface area (Å²) in [4.78, 5) is 15.1. The Hall–Kier alpha value is -2.60. The van der Waals surface area contributed by atoms with Crippen molar-refractivity contribution < 1.29 is 9.53 Å². The Morgan fingerprint density at radius 3 is 2.36 bits per heavy atom. The lowest BCUT2D eigenvalue weighted by atomic mass is 10.1. The van der Waals surface area contributed by atoms with Gasteiger partial charge < -0.3 is 15.8 Å². The highest BCUT2D eigenvalue weighted by atomic mass is 35.5. The van der Waals surface area contributed by atoms with Gasteiger partial charge in [0.2, 0.25) is 11.8 Å². The fraction of sp³-hybridized carbons (Fsp3) is 0.143. The highest BCUT2D eigenvalue weighted by Crippen LogP contribution is 2.24. The predicted octanol–water partition coefficient (Wildman–Crippen LogP) is 4.61. The maximum atomic E-state index is 11.1. The van der Waals surface area contributed by atoms with Crippen molar-refractivity contribution in [3.8, 4) is 11.6 Å². The number of carbonyl (C=O) groups excluding carboxylic acids is 1. The molecule has 144 valence electrons. The number of carbonyl (C=O) groups is 1. The number of hydrogen-bond donors (Lipinski definition) is 2. The van der Waals surface area contributed by atoms with E-state index in [4.69, 9.17) is 33.7 Å². The fourth-order valence-electron chi connectivity index (χ4n) is 2.58. The molecule has 0 unspecified atom stereocenters. The average molecular weight is 416 g/mol.